The summed E-state index contributed by atoms with van der Waals surface area (Å²) in [6.07, 6.45) is 2.96. The Hall–Kier alpha value is -3.08. The van der Waals surface area contributed by atoms with E-state index in [9.17, 15) is 9.50 Å². The normalized spacial score (nSPS) is 10.8. The predicted molar refractivity (Wildman–Crippen MR) is 95.7 cm³/mol. The summed E-state index contributed by atoms with van der Waals surface area (Å²) in [6.45, 7) is 4.27. The van der Waals surface area contributed by atoms with Gasteiger partial charge in [-0.05, 0) is 23.3 Å². The van der Waals surface area contributed by atoms with Gasteiger partial charge >= 0.3 is 0 Å². The molecule has 25 heavy (non-hydrogen) atoms. The van der Waals surface area contributed by atoms with Gasteiger partial charge < -0.3 is 15.4 Å². The van der Waals surface area contributed by atoms with Crippen molar-refractivity contribution in [2.45, 2.75) is 19.4 Å². The molecule has 0 fully saturated rings. The van der Waals surface area contributed by atoms with E-state index in [1.165, 1.54) is 12.1 Å². The van der Waals surface area contributed by atoms with Gasteiger partial charge in [-0.3, -0.25) is 0 Å². The molecule has 5 heteroatoms. The summed E-state index contributed by atoms with van der Waals surface area (Å²) in [5, 5.41) is 9.56. The van der Waals surface area contributed by atoms with Crippen LogP contribution in [0.4, 0.5) is 4.39 Å². The van der Waals surface area contributed by atoms with Gasteiger partial charge in [-0.2, -0.15) is 0 Å². The third-order valence-corrected chi connectivity index (χ3v) is 4.01. The molecular weight excluding hydrogens is 317 g/mol. The van der Waals surface area contributed by atoms with Gasteiger partial charge in [0, 0.05) is 30.8 Å². The molecule has 0 spiro atoms. The first-order chi connectivity index (χ1) is 12.0. The van der Waals surface area contributed by atoms with Gasteiger partial charge in [0.05, 0.1) is 12.0 Å². The number of hydrogen-bond acceptors (Lipinski definition) is 3. The molecule has 0 saturated heterocycles. The minimum absolute atomic E-state index is 0.355. The molecule has 3 N–H and O–H groups in total. The maximum atomic E-state index is 13.2. The Morgan fingerprint density at radius 1 is 1.16 bits per heavy atom. The molecule has 0 radical (unpaired) electrons. The van der Waals surface area contributed by atoms with E-state index in [1.807, 2.05) is 22.8 Å². The second kappa shape index (κ2) is 7.21. The maximum Gasteiger partial charge on any atom is 0.164 e. The lowest BCUT2D eigenvalue weighted by Gasteiger charge is -2.11. The van der Waals surface area contributed by atoms with Crippen molar-refractivity contribution >= 4 is 0 Å². The Kier molecular flexibility index (Phi) is 4.84. The molecule has 128 valence electrons. The Balaban J connectivity index is 1.90. The molecule has 0 bridgehead atoms. The van der Waals surface area contributed by atoms with Crippen molar-refractivity contribution in [3.05, 3.63) is 95.5 Å². The number of hydrogen-bond donors (Lipinski definition) is 2. The minimum Gasteiger partial charge on any atom is -0.505 e. The van der Waals surface area contributed by atoms with Crippen molar-refractivity contribution in [3.8, 4) is 5.75 Å². The van der Waals surface area contributed by atoms with Crippen LogP contribution >= 0.6 is 0 Å². The van der Waals surface area contributed by atoms with Crippen LogP contribution in [0, 0.1) is 5.82 Å². The number of nitrogens with zero attached hydrogens (tertiary/aromatic N) is 2. The fourth-order valence-electron chi connectivity index (χ4n) is 2.79. The lowest BCUT2D eigenvalue weighted by Crippen LogP contribution is -2.09. The monoisotopic (exact) mass is 337 g/mol. The van der Waals surface area contributed by atoms with E-state index >= 15 is 0 Å². The first kappa shape index (κ1) is 16.8. The van der Waals surface area contributed by atoms with E-state index in [0.29, 0.717) is 25.1 Å². The number of phenolic OH excluding ortho intramolecular Hbond substituents is 1. The van der Waals surface area contributed by atoms with Crippen LogP contribution in [0.3, 0.4) is 0 Å². The first-order valence-corrected chi connectivity index (χ1v) is 8.00. The summed E-state index contributed by atoms with van der Waals surface area (Å²) in [5.41, 5.74) is 10.2. The number of nitrogens with two attached hydrogens (primary N) is 1. The van der Waals surface area contributed by atoms with Crippen molar-refractivity contribution < 1.29 is 9.50 Å². The number of benzene rings is 2. The van der Waals surface area contributed by atoms with E-state index in [-0.39, 0.29) is 5.75 Å². The first-order valence-electron chi connectivity index (χ1n) is 8.00. The Morgan fingerprint density at radius 2 is 1.92 bits per heavy atom. The average Bonchev–Trinajstić information content (AvgIpc) is 2.93. The highest BCUT2D eigenvalue weighted by Crippen LogP contribution is 2.20. The van der Waals surface area contributed by atoms with Crippen molar-refractivity contribution in [2.24, 2.45) is 5.73 Å². The van der Waals surface area contributed by atoms with E-state index in [2.05, 4.69) is 23.7 Å². The quantitative estimate of drug-likeness (QED) is 0.725. The fraction of sp³-hybridized carbons (Fsp3) is 0.150. The molecule has 0 unspecified atom stereocenters. The van der Waals surface area contributed by atoms with Crippen LogP contribution in [0.2, 0.25) is 0 Å². The number of aromatic nitrogens is 2. The van der Waals surface area contributed by atoms with Crippen molar-refractivity contribution in [2.75, 3.05) is 0 Å². The number of imidazole rings is 1. The van der Waals surface area contributed by atoms with Crippen LogP contribution in [0.25, 0.3) is 0 Å². The number of phenols is 1. The van der Waals surface area contributed by atoms with Gasteiger partial charge in [0.2, 0.25) is 0 Å². The smallest absolute Gasteiger partial charge is 0.164 e. The van der Waals surface area contributed by atoms with Crippen LogP contribution in [0.5, 0.6) is 5.75 Å². The third kappa shape index (κ3) is 4.07. The summed E-state index contributed by atoms with van der Waals surface area (Å²) >= 11 is 0. The summed E-state index contributed by atoms with van der Waals surface area (Å²) in [4.78, 5) is 4.53. The number of aromatic hydroxyl groups is 1. The largest absolute Gasteiger partial charge is 0.505 e. The molecule has 3 rings (SSSR count). The molecule has 0 aliphatic rings. The summed E-state index contributed by atoms with van der Waals surface area (Å²) < 4.78 is 15.2. The molecule has 0 aliphatic heterocycles. The van der Waals surface area contributed by atoms with Gasteiger partial charge in [-0.15, -0.1) is 0 Å². The number of allylic oxidation sites excluding steroid dienone is 1. The molecule has 1 heterocycles. The predicted octanol–water partition coefficient (Wildman–Crippen LogP) is 3.38. The highest BCUT2D eigenvalue weighted by Gasteiger charge is 2.13. The highest BCUT2D eigenvalue weighted by atomic mass is 19.1. The third-order valence-electron chi connectivity index (χ3n) is 4.01. The molecule has 0 aliphatic carbocycles. The lowest BCUT2D eigenvalue weighted by molar-refractivity contribution is 0.431. The zero-order valence-electron chi connectivity index (χ0n) is 13.8. The second-order valence-corrected chi connectivity index (χ2v) is 6.05. The molecule has 1 aromatic heterocycles. The zero-order chi connectivity index (χ0) is 17.8. The SMILES string of the molecule is C=C(N)Cc1c(Cc2ccccc2)ncn1Cc1ccc(F)c(O)c1. The van der Waals surface area contributed by atoms with Crippen LogP contribution in [0.15, 0.2) is 67.1 Å². The van der Waals surface area contributed by atoms with Crippen molar-refractivity contribution in [1.29, 1.82) is 0 Å². The maximum absolute atomic E-state index is 13.2. The van der Waals surface area contributed by atoms with Crippen LogP contribution in [-0.2, 0) is 19.4 Å². The van der Waals surface area contributed by atoms with Gasteiger partial charge in [0.15, 0.2) is 11.6 Å². The summed E-state index contributed by atoms with van der Waals surface area (Å²) in [6, 6.07) is 14.4. The van der Waals surface area contributed by atoms with Gasteiger partial charge in [-0.1, -0.05) is 43.0 Å². The zero-order valence-corrected chi connectivity index (χ0v) is 13.8. The lowest BCUT2D eigenvalue weighted by atomic mass is 10.1. The molecule has 4 nitrogen and oxygen atoms in total. The molecular formula is C20H20FN3O. The van der Waals surface area contributed by atoms with E-state index < -0.39 is 5.82 Å². The molecule has 0 amide bonds. The van der Waals surface area contributed by atoms with Crippen LogP contribution in [0.1, 0.15) is 22.5 Å². The van der Waals surface area contributed by atoms with Crippen molar-refractivity contribution in [1.82, 2.24) is 9.55 Å². The van der Waals surface area contributed by atoms with Crippen LogP contribution < -0.4 is 5.73 Å². The fourth-order valence-corrected chi connectivity index (χ4v) is 2.79. The number of halogens is 1. The summed E-state index contributed by atoms with van der Waals surface area (Å²) in [5.74, 6) is -0.985. The molecule has 0 atom stereocenters. The molecule has 3 aromatic rings. The molecule has 2 aromatic carbocycles. The Morgan fingerprint density at radius 3 is 2.60 bits per heavy atom. The topological polar surface area (TPSA) is 64.1 Å². The average molecular weight is 337 g/mol. The van der Waals surface area contributed by atoms with Crippen molar-refractivity contribution in [3.63, 3.8) is 0 Å². The summed E-state index contributed by atoms with van der Waals surface area (Å²) in [7, 11) is 0. The van der Waals surface area contributed by atoms with E-state index in [1.54, 1.807) is 12.4 Å². The van der Waals surface area contributed by atoms with Gasteiger partial charge in [-0.25, -0.2) is 9.37 Å². The minimum atomic E-state index is -0.630. The standard InChI is InChI=1S/C20H20FN3O/c1-14(22)9-19-18(10-15-5-3-2-4-6-15)23-13-24(19)12-16-7-8-17(21)20(25)11-16/h2-8,11,13,25H,1,9-10,12,22H2. The van der Waals surface area contributed by atoms with Crippen LogP contribution in [-0.4, -0.2) is 14.7 Å². The molecule has 0 saturated carbocycles. The number of rotatable bonds is 6. The van der Waals surface area contributed by atoms with E-state index in [4.69, 9.17) is 5.73 Å². The Bertz CT molecular complexity index is 887. The Labute approximate surface area is 146 Å². The van der Waals surface area contributed by atoms with Gasteiger partial charge in [0.25, 0.3) is 0 Å². The highest BCUT2D eigenvalue weighted by molar-refractivity contribution is 5.31. The van der Waals surface area contributed by atoms with Gasteiger partial charge in [0.1, 0.15) is 0 Å². The second-order valence-electron chi connectivity index (χ2n) is 6.05. The van der Waals surface area contributed by atoms with E-state index in [0.717, 1.165) is 22.5 Å².